The largest absolute Gasteiger partial charge is 0.495 e. The molecule has 0 radical (unpaired) electrons. The number of anilines is 2. The number of alkyl halides is 3. The highest BCUT2D eigenvalue weighted by Crippen LogP contribution is 2.31. The van der Waals surface area contributed by atoms with Gasteiger partial charge in [-0.2, -0.15) is 13.2 Å². The summed E-state index contributed by atoms with van der Waals surface area (Å²) < 4.78 is 69.8. The number of fused-ring (bicyclic) bond motifs is 1. The number of hydrogen-bond acceptors (Lipinski definition) is 6. The van der Waals surface area contributed by atoms with Crippen LogP contribution in [0.2, 0.25) is 0 Å². The number of hydrogen-bond donors (Lipinski definition) is 2. The fourth-order valence-electron chi connectivity index (χ4n) is 4.43. The van der Waals surface area contributed by atoms with Gasteiger partial charge >= 0.3 is 6.18 Å². The lowest BCUT2D eigenvalue weighted by atomic mass is 10.1. The molecule has 1 saturated heterocycles. The van der Waals surface area contributed by atoms with E-state index in [1.54, 1.807) is 18.2 Å². The van der Waals surface area contributed by atoms with Crippen LogP contribution < -0.4 is 15.4 Å². The molecule has 0 aliphatic carbocycles. The van der Waals surface area contributed by atoms with E-state index in [0.717, 1.165) is 31.5 Å². The second-order valence-corrected chi connectivity index (χ2v) is 11.2. The minimum Gasteiger partial charge on any atom is -0.495 e. The number of ether oxygens (including phenoxy) is 1. The Hall–Kier alpha value is -3.36. The van der Waals surface area contributed by atoms with E-state index < -0.39 is 22.6 Å². The first-order valence-corrected chi connectivity index (χ1v) is 13.6. The lowest BCUT2D eigenvalue weighted by Gasteiger charge is -2.16. The zero-order chi connectivity index (χ0) is 26.8. The van der Waals surface area contributed by atoms with Crippen LogP contribution >= 0.6 is 0 Å². The van der Waals surface area contributed by atoms with Crippen molar-refractivity contribution < 1.29 is 26.3 Å². The third-order valence-corrected chi connectivity index (χ3v) is 7.30. The molecule has 1 fully saturated rings. The number of nitrogens with one attached hydrogen (secondary N) is 2. The van der Waals surface area contributed by atoms with Crippen molar-refractivity contribution in [3.63, 3.8) is 0 Å². The van der Waals surface area contributed by atoms with Crippen LogP contribution in [0.15, 0.2) is 47.5 Å². The summed E-state index contributed by atoms with van der Waals surface area (Å²) in [5, 5.41) is 7.26. The van der Waals surface area contributed by atoms with Gasteiger partial charge in [-0.1, -0.05) is 11.8 Å². The number of rotatable bonds is 7. The number of methoxy groups -OCH3 is 1. The fraction of sp³-hybridized carbons (Fsp3) is 0.385. The normalized spacial score (nSPS) is 16.4. The highest BCUT2D eigenvalue weighted by molar-refractivity contribution is 7.90. The summed E-state index contributed by atoms with van der Waals surface area (Å²) in [4.78, 5) is 2.35. The summed E-state index contributed by atoms with van der Waals surface area (Å²) in [7, 11) is 0.116. The molecule has 7 nitrogen and oxygen atoms in total. The van der Waals surface area contributed by atoms with Gasteiger partial charge < -0.3 is 24.8 Å². The third-order valence-electron chi connectivity index (χ3n) is 6.19. The molecule has 1 aliphatic rings. The van der Waals surface area contributed by atoms with Crippen LogP contribution in [0.4, 0.5) is 24.5 Å². The van der Waals surface area contributed by atoms with Gasteiger partial charge in [-0.25, -0.2) is 8.42 Å². The molecular weight excluding hydrogens is 505 g/mol. The van der Waals surface area contributed by atoms with Crippen LogP contribution in [0.5, 0.6) is 5.75 Å². The van der Waals surface area contributed by atoms with E-state index in [4.69, 9.17) is 4.74 Å². The maximum Gasteiger partial charge on any atom is 0.406 e. The van der Waals surface area contributed by atoms with Crippen LogP contribution in [0, 0.1) is 11.8 Å². The van der Waals surface area contributed by atoms with Gasteiger partial charge in [0.15, 0.2) is 9.84 Å². The van der Waals surface area contributed by atoms with Gasteiger partial charge in [-0.15, -0.1) is 0 Å². The Morgan fingerprint density at radius 2 is 1.95 bits per heavy atom. The van der Waals surface area contributed by atoms with Crippen molar-refractivity contribution in [1.29, 1.82) is 0 Å². The highest BCUT2D eigenvalue weighted by atomic mass is 32.2. The van der Waals surface area contributed by atoms with Crippen LogP contribution in [-0.2, 0) is 16.4 Å². The minimum absolute atomic E-state index is 0.146. The first kappa shape index (κ1) is 26.7. The Kier molecular flexibility index (Phi) is 7.62. The molecule has 1 aliphatic heterocycles. The molecule has 11 heteroatoms. The molecule has 0 saturated carbocycles. The average Bonchev–Trinajstić information content (AvgIpc) is 3.40. The standard InChI is InChI=1S/C26H29F3N4O3S/c1-32-11-8-19(16-32)31-22-13-18(14-24-21(22)9-12-33(24)17-26(27,28)29)5-4-10-30-23-15-20(37(3,34)35)6-7-25(23)36-2/h6-7,9,12-15,19,30-31H,8,10-11,16-17H2,1-3H3. The molecule has 2 heterocycles. The van der Waals surface area contributed by atoms with E-state index >= 15 is 0 Å². The van der Waals surface area contributed by atoms with Crippen molar-refractivity contribution in [2.24, 2.45) is 0 Å². The summed E-state index contributed by atoms with van der Waals surface area (Å²) in [6, 6.07) is 9.91. The molecule has 37 heavy (non-hydrogen) atoms. The molecule has 0 bridgehead atoms. The minimum atomic E-state index is -4.35. The van der Waals surface area contributed by atoms with Crippen LogP contribution in [0.25, 0.3) is 10.9 Å². The van der Waals surface area contributed by atoms with E-state index in [0.29, 0.717) is 27.9 Å². The van der Waals surface area contributed by atoms with Gasteiger partial charge in [0.05, 0.1) is 29.8 Å². The lowest BCUT2D eigenvalue weighted by Crippen LogP contribution is -2.23. The van der Waals surface area contributed by atoms with E-state index in [1.807, 2.05) is 13.1 Å². The SMILES string of the molecule is COc1ccc(S(C)(=O)=O)cc1NCC#Cc1cc(NC2CCN(C)C2)c2ccn(CC(F)(F)F)c2c1. The van der Waals surface area contributed by atoms with Crippen molar-refractivity contribution in [3.8, 4) is 17.6 Å². The Morgan fingerprint density at radius 3 is 2.59 bits per heavy atom. The Morgan fingerprint density at radius 1 is 1.16 bits per heavy atom. The second-order valence-electron chi connectivity index (χ2n) is 9.20. The number of likely N-dealkylation sites (N-methyl/N-ethyl adjacent to an activating group) is 1. The topological polar surface area (TPSA) is 75.6 Å². The Bertz CT molecular complexity index is 1460. The summed E-state index contributed by atoms with van der Waals surface area (Å²) in [5.74, 6) is 6.47. The molecule has 2 N–H and O–H groups in total. The summed E-state index contributed by atoms with van der Waals surface area (Å²) in [6.45, 7) is 0.877. The molecule has 0 amide bonds. The molecule has 1 atom stereocenters. The number of benzene rings is 2. The molecule has 4 rings (SSSR count). The average molecular weight is 535 g/mol. The van der Waals surface area contributed by atoms with Crippen LogP contribution in [0.1, 0.15) is 12.0 Å². The van der Waals surface area contributed by atoms with Crippen molar-refractivity contribution in [1.82, 2.24) is 9.47 Å². The predicted molar refractivity (Wildman–Crippen MR) is 139 cm³/mol. The Balaban J connectivity index is 1.61. The number of aromatic nitrogens is 1. The van der Waals surface area contributed by atoms with E-state index in [9.17, 15) is 21.6 Å². The lowest BCUT2D eigenvalue weighted by molar-refractivity contribution is -0.139. The number of sulfone groups is 1. The Labute approximate surface area is 214 Å². The number of halogens is 3. The van der Waals surface area contributed by atoms with Gasteiger partial charge in [-0.05, 0) is 56.4 Å². The van der Waals surface area contributed by atoms with Gasteiger partial charge in [0.25, 0.3) is 0 Å². The summed E-state index contributed by atoms with van der Waals surface area (Å²) in [5.41, 5.74) is 2.25. The van der Waals surface area contributed by atoms with Crippen molar-refractivity contribution in [2.75, 3.05) is 50.7 Å². The van der Waals surface area contributed by atoms with E-state index in [-0.39, 0.29) is 17.5 Å². The monoisotopic (exact) mass is 534 g/mol. The molecule has 1 unspecified atom stereocenters. The van der Waals surface area contributed by atoms with Gasteiger partial charge in [0, 0.05) is 41.7 Å². The maximum atomic E-state index is 13.2. The predicted octanol–water partition coefficient (Wildman–Crippen LogP) is 4.20. The molecule has 2 aromatic carbocycles. The zero-order valence-electron chi connectivity index (χ0n) is 20.8. The van der Waals surface area contributed by atoms with Crippen LogP contribution in [0.3, 0.4) is 0 Å². The second kappa shape index (κ2) is 10.6. The molecule has 0 spiro atoms. The summed E-state index contributed by atoms with van der Waals surface area (Å²) in [6.07, 6.45) is -0.837. The van der Waals surface area contributed by atoms with Crippen molar-refractivity contribution in [2.45, 2.75) is 30.1 Å². The van der Waals surface area contributed by atoms with E-state index in [1.165, 1.54) is 30.0 Å². The van der Waals surface area contributed by atoms with Crippen LogP contribution in [-0.4, -0.2) is 70.2 Å². The van der Waals surface area contributed by atoms with E-state index in [2.05, 4.69) is 27.4 Å². The van der Waals surface area contributed by atoms with Crippen molar-refractivity contribution >= 4 is 32.1 Å². The molecule has 198 valence electrons. The molecular formula is C26H29F3N4O3S. The van der Waals surface area contributed by atoms with Gasteiger partial charge in [0.2, 0.25) is 0 Å². The maximum absolute atomic E-state index is 13.2. The van der Waals surface area contributed by atoms with Gasteiger partial charge in [-0.3, -0.25) is 0 Å². The first-order valence-electron chi connectivity index (χ1n) is 11.7. The fourth-order valence-corrected chi connectivity index (χ4v) is 5.08. The number of nitrogens with zero attached hydrogens (tertiary/aromatic N) is 2. The quantitative estimate of drug-likeness (QED) is 0.443. The van der Waals surface area contributed by atoms with Gasteiger partial charge in [0.1, 0.15) is 12.3 Å². The molecule has 1 aromatic heterocycles. The summed E-state index contributed by atoms with van der Waals surface area (Å²) >= 11 is 0. The molecule has 3 aromatic rings. The first-order chi connectivity index (χ1) is 17.4. The van der Waals surface area contributed by atoms with Crippen molar-refractivity contribution in [3.05, 3.63) is 48.2 Å². The smallest absolute Gasteiger partial charge is 0.406 e. The highest BCUT2D eigenvalue weighted by Gasteiger charge is 2.29. The number of likely N-dealkylation sites (tertiary alicyclic amines) is 1. The third kappa shape index (κ3) is 6.70. The zero-order valence-corrected chi connectivity index (χ0v) is 21.6.